The molecule has 0 aromatic rings. The highest BCUT2D eigenvalue weighted by atomic mass is 32.1. The summed E-state index contributed by atoms with van der Waals surface area (Å²) in [4.78, 5) is 0. The van der Waals surface area contributed by atoms with Gasteiger partial charge in [-0.15, -0.1) is 0 Å². The van der Waals surface area contributed by atoms with Crippen LogP contribution in [0.25, 0.3) is 0 Å². The topological polar surface area (TPSA) is 44.3 Å². The maximum atomic E-state index is 9.16. The summed E-state index contributed by atoms with van der Waals surface area (Å²) in [5, 5.41) is 16.4. The molecule has 4 heteroatoms. The lowest BCUT2D eigenvalue weighted by Crippen LogP contribution is -2.53. The lowest BCUT2D eigenvalue weighted by atomic mass is 9.95. The Labute approximate surface area is 103 Å². The van der Waals surface area contributed by atoms with Crippen LogP contribution in [0.15, 0.2) is 0 Å². The average Bonchev–Trinajstić information content (AvgIpc) is 2.78. The maximum Gasteiger partial charge on any atom is 0.167 e. The van der Waals surface area contributed by atoms with Gasteiger partial charge in [0.05, 0.1) is 12.1 Å². The number of nitrogens with one attached hydrogen (secondary N) is 2. The summed E-state index contributed by atoms with van der Waals surface area (Å²) >= 11 is 5.29. The van der Waals surface area contributed by atoms with Gasteiger partial charge in [-0.25, -0.2) is 0 Å². The van der Waals surface area contributed by atoms with Gasteiger partial charge in [0.2, 0.25) is 0 Å². The highest BCUT2D eigenvalue weighted by Gasteiger charge is 2.39. The first-order chi connectivity index (χ1) is 7.50. The van der Waals surface area contributed by atoms with Crippen molar-refractivity contribution in [2.45, 2.75) is 51.1 Å². The fourth-order valence-corrected chi connectivity index (χ4v) is 3.40. The van der Waals surface area contributed by atoms with Crippen LogP contribution in [0.1, 0.15) is 39.5 Å². The third-order valence-corrected chi connectivity index (χ3v) is 4.12. The molecule has 0 unspecified atom stereocenters. The Bertz CT molecular complexity index is 280. The first-order valence-electron chi connectivity index (χ1n) is 6.20. The summed E-state index contributed by atoms with van der Waals surface area (Å²) in [6.07, 6.45) is 5.41. The fraction of sp³-hybridized carbons (Fsp3) is 0.917. The van der Waals surface area contributed by atoms with Crippen molar-refractivity contribution >= 4 is 17.3 Å². The van der Waals surface area contributed by atoms with Gasteiger partial charge >= 0.3 is 0 Å². The van der Waals surface area contributed by atoms with E-state index in [1.54, 1.807) is 0 Å². The minimum absolute atomic E-state index is 0.0888. The first kappa shape index (κ1) is 12.1. The molecule has 3 nitrogen and oxygen atoms in total. The number of hydrogen-bond acceptors (Lipinski definition) is 2. The Kier molecular flexibility index (Phi) is 3.40. The second-order valence-corrected chi connectivity index (χ2v) is 6.33. The van der Waals surface area contributed by atoms with Gasteiger partial charge in [-0.05, 0) is 57.2 Å². The molecule has 2 fully saturated rings. The van der Waals surface area contributed by atoms with Crippen molar-refractivity contribution in [3.05, 3.63) is 0 Å². The van der Waals surface area contributed by atoms with E-state index in [4.69, 9.17) is 17.3 Å². The van der Waals surface area contributed by atoms with Crippen molar-refractivity contribution < 1.29 is 5.11 Å². The second-order valence-electron chi connectivity index (χ2n) is 5.92. The van der Waals surface area contributed by atoms with Crippen molar-refractivity contribution in [1.82, 2.24) is 10.6 Å². The Hall–Kier alpha value is -0.350. The SMILES string of the molecule is CC(C)(CO)NC(=S)N[C@H]1C[C@H]2CC[C@H]1C2. The van der Waals surface area contributed by atoms with Crippen LogP contribution in [0.4, 0.5) is 0 Å². The van der Waals surface area contributed by atoms with Crippen LogP contribution in [0.2, 0.25) is 0 Å². The highest BCUT2D eigenvalue weighted by Crippen LogP contribution is 2.44. The third-order valence-electron chi connectivity index (χ3n) is 3.90. The van der Waals surface area contributed by atoms with Crippen molar-refractivity contribution in [2.24, 2.45) is 11.8 Å². The van der Waals surface area contributed by atoms with Crippen LogP contribution in [0.5, 0.6) is 0 Å². The van der Waals surface area contributed by atoms with Gasteiger partial charge in [0, 0.05) is 6.04 Å². The zero-order chi connectivity index (χ0) is 11.8. The van der Waals surface area contributed by atoms with Crippen LogP contribution in [-0.4, -0.2) is 28.4 Å². The number of thiocarbonyl (C=S) groups is 1. The normalized spacial score (nSPS) is 32.8. The molecular formula is C12H22N2OS. The van der Waals surface area contributed by atoms with Gasteiger partial charge in [0.25, 0.3) is 0 Å². The van der Waals surface area contributed by atoms with E-state index in [-0.39, 0.29) is 12.1 Å². The van der Waals surface area contributed by atoms with Crippen LogP contribution in [-0.2, 0) is 0 Å². The molecule has 0 aromatic carbocycles. The molecule has 0 aliphatic heterocycles. The summed E-state index contributed by atoms with van der Waals surface area (Å²) in [5.41, 5.74) is -0.332. The van der Waals surface area contributed by atoms with E-state index >= 15 is 0 Å². The second kappa shape index (κ2) is 4.49. The minimum Gasteiger partial charge on any atom is -0.394 e. The summed E-state index contributed by atoms with van der Waals surface area (Å²) in [5.74, 6) is 1.75. The molecule has 0 aromatic heterocycles. The molecule has 92 valence electrons. The Morgan fingerprint density at radius 3 is 2.62 bits per heavy atom. The van der Waals surface area contributed by atoms with E-state index in [0.717, 1.165) is 11.8 Å². The fourth-order valence-electron chi connectivity index (χ4n) is 2.97. The standard InChI is InChI=1S/C12H22N2OS/c1-12(2,7-15)14-11(16)13-10-6-8-3-4-9(10)5-8/h8-10,15H,3-7H2,1-2H3,(H2,13,14,16)/t8-,9-,10-/m0/s1. The van der Waals surface area contributed by atoms with Gasteiger partial charge in [-0.3, -0.25) is 0 Å². The largest absolute Gasteiger partial charge is 0.394 e. The zero-order valence-corrected chi connectivity index (χ0v) is 10.9. The molecule has 0 amide bonds. The smallest absolute Gasteiger partial charge is 0.167 e. The molecule has 3 N–H and O–H groups in total. The molecule has 0 heterocycles. The number of fused-ring (bicyclic) bond motifs is 2. The molecular weight excluding hydrogens is 220 g/mol. The molecule has 0 radical (unpaired) electrons. The van der Waals surface area contributed by atoms with Gasteiger partial charge in [0.1, 0.15) is 0 Å². The molecule has 2 aliphatic carbocycles. The van der Waals surface area contributed by atoms with E-state index in [1.807, 2.05) is 13.8 Å². The van der Waals surface area contributed by atoms with Crippen LogP contribution in [0, 0.1) is 11.8 Å². The predicted molar refractivity (Wildman–Crippen MR) is 69.3 cm³/mol. The minimum atomic E-state index is -0.332. The molecule has 2 rings (SSSR count). The highest BCUT2D eigenvalue weighted by molar-refractivity contribution is 7.80. The van der Waals surface area contributed by atoms with Crippen molar-refractivity contribution in [3.8, 4) is 0 Å². The third kappa shape index (κ3) is 2.66. The summed E-state index contributed by atoms with van der Waals surface area (Å²) in [7, 11) is 0. The van der Waals surface area contributed by atoms with Crippen molar-refractivity contribution in [1.29, 1.82) is 0 Å². The Morgan fingerprint density at radius 2 is 2.12 bits per heavy atom. The molecule has 0 saturated heterocycles. The van der Waals surface area contributed by atoms with E-state index in [0.29, 0.717) is 11.2 Å². The maximum absolute atomic E-state index is 9.16. The number of aliphatic hydroxyl groups excluding tert-OH is 1. The van der Waals surface area contributed by atoms with Crippen LogP contribution < -0.4 is 10.6 Å². The van der Waals surface area contributed by atoms with Crippen molar-refractivity contribution in [2.75, 3.05) is 6.61 Å². The lowest BCUT2D eigenvalue weighted by Gasteiger charge is -2.29. The van der Waals surface area contributed by atoms with E-state index < -0.39 is 0 Å². The molecule has 2 bridgehead atoms. The summed E-state index contributed by atoms with van der Waals surface area (Å²) in [6.45, 7) is 3.98. The molecule has 16 heavy (non-hydrogen) atoms. The number of hydrogen-bond donors (Lipinski definition) is 3. The monoisotopic (exact) mass is 242 g/mol. The molecule has 2 saturated carbocycles. The average molecular weight is 242 g/mol. The molecule has 0 spiro atoms. The van der Waals surface area contributed by atoms with Crippen LogP contribution >= 0.6 is 12.2 Å². The summed E-state index contributed by atoms with van der Waals surface area (Å²) < 4.78 is 0. The predicted octanol–water partition coefficient (Wildman–Crippen LogP) is 1.41. The van der Waals surface area contributed by atoms with Gasteiger partial charge < -0.3 is 15.7 Å². The van der Waals surface area contributed by atoms with Crippen molar-refractivity contribution in [3.63, 3.8) is 0 Å². The summed E-state index contributed by atoms with van der Waals surface area (Å²) in [6, 6.07) is 0.563. The van der Waals surface area contributed by atoms with Crippen LogP contribution in [0.3, 0.4) is 0 Å². The lowest BCUT2D eigenvalue weighted by molar-refractivity contribution is 0.205. The van der Waals surface area contributed by atoms with E-state index in [1.165, 1.54) is 25.7 Å². The molecule has 2 aliphatic rings. The quantitative estimate of drug-likeness (QED) is 0.655. The first-order valence-corrected chi connectivity index (χ1v) is 6.60. The Morgan fingerprint density at radius 1 is 1.38 bits per heavy atom. The Balaban J connectivity index is 1.80. The van der Waals surface area contributed by atoms with Gasteiger partial charge in [-0.1, -0.05) is 6.42 Å². The van der Waals surface area contributed by atoms with E-state index in [2.05, 4.69) is 10.6 Å². The van der Waals surface area contributed by atoms with Gasteiger partial charge in [-0.2, -0.15) is 0 Å². The van der Waals surface area contributed by atoms with E-state index in [9.17, 15) is 0 Å². The van der Waals surface area contributed by atoms with Gasteiger partial charge in [0.15, 0.2) is 5.11 Å². The molecule has 3 atom stereocenters. The number of rotatable bonds is 3. The zero-order valence-electron chi connectivity index (χ0n) is 10.1. The number of aliphatic hydroxyl groups is 1.